The summed E-state index contributed by atoms with van der Waals surface area (Å²) in [5.74, 6) is -1.42. The van der Waals surface area contributed by atoms with Crippen molar-refractivity contribution >= 4 is 43.5 Å². The molecule has 0 aliphatic carbocycles. The summed E-state index contributed by atoms with van der Waals surface area (Å²) in [4.78, 5) is 0. The molecule has 0 spiro atoms. The lowest BCUT2D eigenvalue weighted by Gasteiger charge is -2.16. The van der Waals surface area contributed by atoms with Crippen LogP contribution in [0.4, 0.5) is 8.78 Å². The highest BCUT2D eigenvalue weighted by Gasteiger charge is 2.22. The minimum Gasteiger partial charge on any atom is -0.320 e. The van der Waals surface area contributed by atoms with Crippen LogP contribution >= 0.6 is 43.5 Å². The highest BCUT2D eigenvalue weighted by Crippen LogP contribution is 2.33. The molecular formula is C13H8Br2ClF2N. The molecule has 2 N–H and O–H groups in total. The Hall–Kier alpha value is -0.490. The molecule has 0 saturated carbocycles. The number of hydrogen-bond acceptors (Lipinski definition) is 1. The average molecular weight is 411 g/mol. The molecule has 1 nitrogen and oxygen atoms in total. The third-order valence-electron chi connectivity index (χ3n) is 2.69. The first kappa shape index (κ1) is 14.9. The Morgan fingerprint density at radius 1 is 1.11 bits per heavy atom. The molecule has 19 heavy (non-hydrogen) atoms. The fourth-order valence-corrected chi connectivity index (χ4v) is 2.87. The summed E-state index contributed by atoms with van der Waals surface area (Å²) in [6.45, 7) is 0. The minimum absolute atomic E-state index is 0.160. The molecule has 0 radical (unpaired) electrons. The summed E-state index contributed by atoms with van der Waals surface area (Å²) >= 11 is 12.3. The molecule has 0 aliphatic rings. The maximum Gasteiger partial charge on any atom is 0.145 e. The van der Waals surface area contributed by atoms with Crippen LogP contribution in [0.5, 0.6) is 0 Å². The Bertz CT molecular complexity index is 634. The summed E-state index contributed by atoms with van der Waals surface area (Å²) in [6, 6.07) is 6.47. The molecule has 0 saturated heterocycles. The van der Waals surface area contributed by atoms with Crippen molar-refractivity contribution in [1.29, 1.82) is 0 Å². The second kappa shape index (κ2) is 5.87. The molecule has 1 atom stereocenters. The molecule has 0 amide bonds. The molecule has 1 unspecified atom stereocenters. The number of rotatable bonds is 2. The first-order chi connectivity index (χ1) is 8.91. The average Bonchev–Trinajstić information content (AvgIpc) is 2.34. The summed E-state index contributed by atoms with van der Waals surface area (Å²) in [5, 5.41) is 0.348. The fourth-order valence-electron chi connectivity index (χ4n) is 1.74. The molecular weight excluding hydrogens is 403 g/mol. The zero-order valence-electron chi connectivity index (χ0n) is 9.43. The van der Waals surface area contributed by atoms with E-state index >= 15 is 0 Å². The van der Waals surface area contributed by atoms with Crippen molar-refractivity contribution in [2.45, 2.75) is 6.04 Å². The summed E-state index contributed by atoms with van der Waals surface area (Å²) < 4.78 is 28.7. The van der Waals surface area contributed by atoms with Crippen LogP contribution in [0.25, 0.3) is 0 Å². The molecule has 6 heteroatoms. The summed E-state index contributed by atoms with van der Waals surface area (Å²) in [7, 11) is 0. The van der Waals surface area contributed by atoms with Crippen molar-refractivity contribution in [3.63, 3.8) is 0 Å². The zero-order chi connectivity index (χ0) is 14.2. The Kier molecular flexibility index (Phi) is 4.61. The van der Waals surface area contributed by atoms with Crippen LogP contribution in [0.15, 0.2) is 39.3 Å². The topological polar surface area (TPSA) is 26.0 Å². The van der Waals surface area contributed by atoms with E-state index in [1.54, 1.807) is 18.2 Å². The Morgan fingerprint density at radius 2 is 1.79 bits per heavy atom. The predicted molar refractivity (Wildman–Crippen MR) is 79.2 cm³/mol. The van der Waals surface area contributed by atoms with Crippen molar-refractivity contribution in [3.8, 4) is 0 Å². The third-order valence-corrected chi connectivity index (χ3v) is 4.12. The summed E-state index contributed by atoms with van der Waals surface area (Å²) in [5.41, 5.74) is 6.19. The molecule has 0 heterocycles. The van der Waals surface area contributed by atoms with Gasteiger partial charge in [0.2, 0.25) is 0 Å². The van der Waals surface area contributed by atoms with Gasteiger partial charge in [0.15, 0.2) is 0 Å². The van der Waals surface area contributed by atoms with E-state index in [4.69, 9.17) is 17.3 Å². The van der Waals surface area contributed by atoms with Gasteiger partial charge in [0.1, 0.15) is 11.6 Å². The lowest BCUT2D eigenvalue weighted by molar-refractivity contribution is 0.539. The highest BCUT2D eigenvalue weighted by molar-refractivity contribution is 9.10. The lowest BCUT2D eigenvalue weighted by atomic mass is 9.98. The monoisotopic (exact) mass is 409 g/mol. The van der Waals surface area contributed by atoms with Gasteiger partial charge in [-0.3, -0.25) is 0 Å². The standard InChI is InChI=1S/C13H8Br2ClF2N/c14-6-1-2-7(9(16)5-6)13(19)11-10(17)4-3-8(15)12(11)18/h1-5,13H,19H2. The van der Waals surface area contributed by atoms with Gasteiger partial charge in [-0.25, -0.2) is 8.78 Å². The molecule has 0 bridgehead atoms. The quantitative estimate of drug-likeness (QED) is 0.676. The van der Waals surface area contributed by atoms with E-state index in [2.05, 4.69) is 31.9 Å². The Labute approximate surface area is 131 Å². The van der Waals surface area contributed by atoms with E-state index in [9.17, 15) is 8.78 Å². The van der Waals surface area contributed by atoms with Crippen LogP contribution in [0.1, 0.15) is 17.2 Å². The normalized spacial score (nSPS) is 12.5. The van der Waals surface area contributed by atoms with Gasteiger partial charge in [-0.05, 0) is 45.8 Å². The third kappa shape index (κ3) is 2.99. The molecule has 2 aromatic rings. The maximum absolute atomic E-state index is 14.0. The Balaban J connectivity index is 2.56. The van der Waals surface area contributed by atoms with Gasteiger partial charge in [0.25, 0.3) is 0 Å². The van der Waals surface area contributed by atoms with Crippen LogP contribution < -0.4 is 5.73 Å². The first-order valence-corrected chi connectivity index (χ1v) is 7.22. The van der Waals surface area contributed by atoms with Crippen molar-refractivity contribution in [2.75, 3.05) is 0 Å². The van der Waals surface area contributed by atoms with Crippen molar-refractivity contribution in [3.05, 3.63) is 67.1 Å². The van der Waals surface area contributed by atoms with Crippen molar-refractivity contribution < 1.29 is 8.78 Å². The minimum atomic E-state index is -0.974. The number of hydrogen-bond donors (Lipinski definition) is 1. The predicted octanol–water partition coefficient (Wildman–Crippen LogP) is 5.19. The second-order valence-corrected chi connectivity index (χ2v) is 6.08. The molecule has 0 aliphatic heterocycles. The highest BCUT2D eigenvalue weighted by atomic mass is 79.9. The van der Waals surface area contributed by atoms with E-state index < -0.39 is 17.7 Å². The van der Waals surface area contributed by atoms with Gasteiger partial charge >= 0.3 is 0 Å². The van der Waals surface area contributed by atoms with Gasteiger partial charge in [-0.1, -0.05) is 33.6 Å². The largest absolute Gasteiger partial charge is 0.320 e. The van der Waals surface area contributed by atoms with Gasteiger partial charge in [-0.2, -0.15) is 0 Å². The number of nitrogens with two attached hydrogens (primary N) is 1. The van der Waals surface area contributed by atoms with Crippen molar-refractivity contribution in [1.82, 2.24) is 0 Å². The van der Waals surface area contributed by atoms with E-state index in [0.29, 0.717) is 10.6 Å². The van der Waals surface area contributed by atoms with Gasteiger partial charge < -0.3 is 5.73 Å². The van der Waals surface area contributed by atoms with Gasteiger partial charge in [0, 0.05) is 15.1 Å². The molecule has 0 fully saturated rings. The smallest absolute Gasteiger partial charge is 0.145 e. The molecule has 2 aromatic carbocycles. The molecule has 0 aromatic heterocycles. The fraction of sp³-hybridized carbons (Fsp3) is 0.0769. The van der Waals surface area contributed by atoms with E-state index in [1.165, 1.54) is 6.07 Å². The first-order valence-electron chi connectivity index (χ1n) is 5.25. The second-order valence-electron chi connectivity index (χ2n) is 3.90. The van der Waals surface area contributed by atoms with E-state index in [1.807, 2.05) is 0 Å². The Morgan fingerprint density at radius 3 is 2.42 bits per heavy atom. The summed E-state index contributed by atoms with van der Waals surface area (Å²) in [6.07, 6.45) is 0. The van der Waals surface area contributed by atoms with Crippen LogP contribution in [-0.2, 0) is 0 Å². The molecule has 100 valence electrons. The van der Waals surface area contributed by atoms with Crippen LogP contribution in [0, 0.1) is 11.6 Å². The van der Waals surface area contributed by atoms with Gasteiger partial charge in [0.05, 0.1) is 10.5 Å². The zero-order valence-corrected chi connectivity index (χ0v) is 13.4. The number of halogens is 5. The van der Waals surface area contributed by atoms with Gasteiger partial charge in [-0.15, -0.1) is 0 Å². The van der Waals surface area contributed by atoms with E-state index in [-0.39, 0.29) is 10.0 Å². The van der Waals surface area contributed by atoms with E-state index in [0.717, 1.165) is 10.5 Å². The number of benzene rings is 2. The van der Waals surface area contributed by atoms with Crippen molar-refractivity contribution in [2.24, 2.45) is 5.73 Å². The SMILES string of the molecule is NC(c1ccc(Br)cc1Cl)c1c(F)ccc(Br)c1F. The lowest BCUT2D eigenvalue weighted by Crippen LogP contribution is -2.16. The maximum atomic E-state index is 14.0. The van der Waals surface area contributed by atoms with Crippen LogP contribution in [0.3, 0.4) is 0 Å². The van der Waals surface area contributed by atoms with Crippen LogP contribution in [0.2, 0.25) is 5.02 Å². The molecule has 2 rings (SSSR count). The van der Waals surface area contributed by atoms with Crippen LogP contribution in [-0.4, -0.2) is 0 Å².